The Morgan fingerprint density at radius 3 is 2.25 bits per heavy atom. The van der Waals surface area contributed by atoms with Crippen molar-refractivity contribution in [3.8, 4) is 0 Å². The van der Waals surface area contributed by atoms with Gasteiger partial charge >= 0.3 is 0 Å². The van der Waals surface area contributed by atoms with E-state index in [9.17, 15) is 0 Å². The molecule has 6 N–H and O–H groups in total. The molecule has 3 heteroatoms. The highest BCUT2D eigenvalue weighted by Gasteiger charge is 1.77. The van der Waals surface area contributed by atoms with Crippen LogP contribution in [0, 0.1) is 0 Å². The molecule has 0 aromatic rings. The van der Waals surface area contributed by atoms with Gasteiger partial charge < -0.3 is 16.9 Å². The van der Waals surface area contributed by atoms with Crippen LogP contribution in [0.3, 0.4) is 0 Å². The summed E-state index contributed by atoms with van der Waals surface area (Å²) in [4.78, 5) is 0. The zero-order chi connectivity index (χ0) is 5.70. The fourth-order valence-corrected chi connectivity index (χ4v) is 0.346. The third kappa shape index (κ3) is 5.46. The predicted octanol–water partition coefficient (Wildman–Crippen LogP) is -0.627. The fraction of sp³-hybridized carbons (Fsp3) is 0.600. The molecule has 50 valence electrons. The molecule has 8 heavy (non-hydrogen) atoms. The van der Waals surface area contributed by atoms with Crippen LogP contribution in [0.4, 0.5) is 0 Å². The van der Waals surface area contributed by atoms with E-state index >= 15 is 0 Å². The largest absolute Gasteiger partial charge is 0.412 e. The summed E-state index contributed by atoms with van der Waals surface area (Å²) < 4.78 is 0. The van der Waals surface area contributed by atoms with Crippen molar-refractivity contribution in [3.05, 3.63) is 11.8 Å². The number of allylic oxidation sites excluding steroid dienone is 1. The van der Waals surface area contributed by atoms with Crippen LogP contribution >= 0.6 is 0 Å². The van der Waals surface area contributed by atoms with Crippen LogP contribution in [-0.4, -0.2) is 12.0 Å². The second-order valence-electron chi connectivity index (χ2n) is 1.39. The minimum Gasteiger partial charge on any atom is -0.412 e. The van der Waals surface area contributed by atoms with Gasteiger partial charge in [0.2, 0.25) is 0 Å². The zero-order valence-corrected chi connectivity index (χ0v) is 5.15. The van der Waals surface area contributed by atoms with E-state index < -0.39 is 0 Å². The molecular formula is C5H14N2O. The van der Waals surface area contributed by atoms with Crippen molar-refractivity contribution in [1.29, 1.82) is 0 Å². The van der Waals surface area contributed by atoms with Gasteiger partial charge in [0.1, 0.15) is 0 Å². The topological polar surface area (TPSA) is 83.5 Å². The number of rotatable bonds is 2. The van der Waals surface area contributed by atoms with Gasteiger partial charge in [-0.15, -0.1) is 0 Å². The van der Waals surface area contributed by atoms with Gasteiger partial charge in [-0.3, -0.25) is 0 Å². The quantitative estimate of drug-likeness (QED) is 0.506. The van der Waals surface area contributed by atoms with E-state index in [0.29, 0.717) is 6.54 Å². The SMILES string of the molecule is CCC=C(N)CN.O. The summed E-state index contributed by atoms with van der Waals surface area (Å²) in [6.45, 7) is 2.51. The van der Waals surface area contributed by atoms with Gasteiger partial charge in [0.05, 0.1) is 0 Å². The second-order valence-corrected chi connectivity index (χ2v) is 1.39. The average molecular weight is 118 g/mol. The Morgan fingerprint density at radius 2 is 2.12 bits per heavy atom. The van der Waals surface area contributed by atoms with E-state index in [1.807, 2.05) is 13.0 Å². The summed E-state index contributed by atoms with van der Waals surface area (Å²) in [5.74, 6) is 0. The molecule has 0 saturated carbocycles. The van der Waals surface area contributed by atoms with Gasteiger partial charge in [0, 0.05) is 12.2 Å². The molecule has 0 rings (SSSR count). The highest BCUT2D eigenvalue weighted by atomic mass is 16.0. The Morgan fingerprint density at radius 1 is 1.62 bits per heavy atom. The Balaban J connectivity index is 0. The van der Waals surface area contributed by atoms with Crippen LogP contribution in [0.2, 0.25) is 0 Å². The Kier molecular flexibility index (Phi) is 8.43. The molecule has 0 spiro atoms. The number of nitrogens with two attached hydrogens (primary N) is 2. The summed E-state index contributed by atoms with van der Waals surface area (Å²) in [5.41, 5.74) is 11.3. The van der Waals surface area contributed by atoms with Gasteiger partial charge in [-0.2, -0.15) is 0 Å². The zero-order valence-electron chi connectivity index (χ0n) is 5.15. The standard InChI is InChI=1S/C5H12N2.H2O/c1-2-3-5(7)4-6;/h3H,2,4,6-7H2,1H3;1H2. The molecule has 0 amide bonds. The highest BCUT2D eigenvalue weighted by Crippen LogP contribution is 1.81. The summed E-state index contributed by atoms with van der Waals surface area (Å²) >= 11 is 0. The smallest absolute Gasteiger partial charge is 0.0323 e. The monoisotopic (exact) mass is 118 g/mol. The third-order valence-electron chi connectivity index (χ3n) is 0.702. The summed E-state index contributed by atoms with van der Waals surface area (Å²) in [6.07, 6.45) is 2.89. The molecule has 0 aliphatic rings. The minimum absolute atomic E-state index is 0. The van der Waals surface area contributed by atoms with Gasteiger partial charge in [-0.1, -0.05) is 13.0 Å². The molecule has 0 aliphatic carbocycles. The van der Waals surface area contributed by atoms with Crippen molar-refractivity contribution in [1.82, 2.24) is 0 Å². The van der Waals surface area contributed by atoms with Gasteiger partial charge in [-0.05, 0) is 6.42 Å². The van der Waals surface area contributed by atoms with Gasteiger partial charge in [0.15, 0.2) is 0 Å². The fourth-order valence-electron chi connectivity index (χ4n) is 0.346. The van der Waals surface area contributed by atoms with Crippen molar-refractivity contribution in [2.45, 2.75) is 13.3 Å². The number of hydrogen-bond acceptors (Lipinski definition) is 2. The van der Waals surface area contributed by atoms with Crippen LogP contribution in [0.5, 0.6) is 0 Å². The molecule has 0 saturated heterocycles. The van der Waals surface area contributed by atoms with Gasteiger partial charge in [-0.25, -0.2) is 0 Å². The lowest BCUT2D eigenvalue weighted by Crippen LogP contribution is -2.10. The predicted molar refractivity (Wildman–Crippen MR) is 35.2 cm³/mol. The molecule has 0 unspecified atom stereocenters. The van der Waals surface area contributed by atoms with Gasteiger partial charge in [0.25, 0.3) is 0 Å². The van der Waals surface area contributed by atoms with E-state index in [1.165, 1.54) is 0 Å². The first kappa shape index (κ1) is 10.4. The van der Waals surface area contributed by atoms with E-state index in [4.69, 9.17) is 11.5 Å². The molecule has 3 nitrogen and oxygen atoms in total. The van der Waals surface area contributed by atoms with Crippen molar-refractivity contribution in [2.24, 2.45) is 11.5 Å². The summed E-state index contributed by atoms with van der Waals surface area (Å²) in [5, 5.41) is 0. The first-order valence-electron chi connectivity index (χ1n) is 2.45. The maximum atomic E-state index is 5.32. The van der Waals surface area contributed by atoms with E-state index in [0.717, 1.165) is 12.1 Å². The van der Waals surface area contributed by atoms with Crippen LogP contribution in [-0.2, 0) is 0 Å². The molecule has 0 aromatic carbocycles. The lowest BCUT2D eigenvalue weighted by Gasteiger charge is -1.89. The third-order valence-corrected chi connectivity index (χ3v) is 0.702. The average Bonchev–Trinajstić information content (AvgIpc) is 1.68. The summed E-state index contributed by atoms with van der Waals surface area (Å²) in [6, 6.07) is 0. The van der Waals surface area contributed by atoms with Crippen molar-refractivity contribution < 1.29 is 5.48 Å². The minimum atomic E-state index is 0. The molecular weight excluding hydrogens is 104 g/mol. The molecule has 0 aliphatic heterocycles. The molecule has 0 bridgehead atoms. The normalized spacial score (nSPS) is 10.5. The van der Waals surface area contributed by atoms with Crippen LogP contribution in [0.25, 0.3) is 0 Å². The van der Waals surface area contributed by atoms with Crippen LogP contribution in [0.15, 0.2) is 11.8 Å². The van der Waals surface area contributed by atoms with Crippen molar-refractivity contribution >= 4 is 0 Å². The highest BCUT2D eigenvalue weighted by molar-refractivity contribution is 4.96. The first-order chi connectivity index (χ1) is 3.31. The molecule has 0 radical (unpaired) electrons. The Hall–Kier alpha value is -0.540. The molecule has 0 atom stereocenters. The molecule has 0 heterocycles. The van der Waals surface area contributed by atoms with Crippen LogP contribution in [0.1, 0.15) is 13.3 Å². The van der Waals surface area contributed by atoms with Crippen molar-refractivity contribution in [3.63, 3.8) is 0 Å². The maximum Gasteiger partial charge on any atom is 0.0323 e. The second kappa shape index (κ2) is 6.46. The van der Waals surface area contributed by atoms with E-state index in [-0.39, 0.29) is 5.48 Å². The Labute approximate surface area is 49.7 Å². The lowest BCUT2D eigenvalue weighted by atomic mass is 10.3. The van der Waals surface area contributed by atoms with E-state index in [2.05, 4.69) is 0 Å². The van der Waals surface area contributed by atoms with Crippen molar-refractivity contribution in [2.75, 3.05) is 6.54 Å². The maximum absolute atomic E-state index is 5.32. The molecule has 0 fully saturated rings. The summed E-state index contributed by atoms with van der Waals surface area (Å²) in [7, 11) is 0. The van der Waals surface area contributed by atoms with Crippen LogP contribution < -0.4 is 11.5 Å². The number of hydrogen-bond donors (Lipinski definition) is 2. The first-order valence-corrected chi connectivity index (χ1v) is 2.45. The molecule has 0 aromatic heterocycles. The van der Waals surface area contributed by atoms with E-state index in [1.54, 1.807) is 0 Å². The lowest BCUT2D eigenvalue weighted by molar-refractivity contribution is 0.824. The Bertz CT molecular complexity index is 70.8.